The summed E-state index contributed by atoms with van der Waals surface area (Å²) in [5.41, 5.74) is 0.604. The first kappa shape index (κ1) is 28.5. The van der Waals surface area contributed by atoms with Gasteiger partial charge < -0.3 is 9.84 Å². The molecule has 0 aliphatic rings. The van der Waals surface area contributed by atoms with Gasteiger partial charge in [0.05, 0.1) is 12.0 Å². The summed E-state index contributed by atoms with van der Waals surface area (Å²) >= 11 is 0. The van der Waals surface area contributed by atoms with Gasteiger partial charge in [-0.15, -0.1) is 0 Å². The van der Waals surface area contributed by atoms with Crippen LogP contribution in [-0.2, 0) is 20.4 Å². The molecular weight excluding hydrogens is 396 g/mol. The Morgan fingerprint density at radius 3 is 1.75 bits per heavy atom. The largest absolute Gasteiger partial charge is 0.508 e. The van der Waals surface area contributed by atoms with Crippen LogP contribution in [0.3, 0.4) is 0 Å². The number of hydrogen-bond donors (Lipinski definition) is 1. The van der Waals surface area contributed by atoms with Gasteiger partial charge in [0.2, 0.25) is 0 Å². The zero-order chi connectivity index (χ0) is 24.4. The summed E-state index contributed by atoms with van der Waals surface area (Å²) in [6.07, 6.45) is 12.6. The highest BCUT2D eigenvalue weighted by Gasteiger charge is 2.49. The number of unbranched alkanes of at least 4 members (excludes halogenated alkanes) is 9. The third kappa shape index (κ3) is 8.12. The number of esters is 1. The molecular formula is C29H50O3. The minimum Gasteiger partial charge on any atom is -0.508 e. The van der Waals surface area contributed by atoms with Gasteiger partial charge in [-0.3, -0.25) is 4.79 Å². The highest BCUT2D eigenvalue weighted by molar-refractivity contribution is 5.84. The van der Waals surface area contributed by atoms with Gasteiger partial charge in [-0.25, -0.2) is 0 Å². The molecule has 0 radical (unpaired) electrons. The SMILES string of the molecule is CCCCCCCCCCCCOC(=O)C(C)(c1ccc(O)cc1C(C)(C)C)C(C)(C)C. The minimum atomic E-state index is -0.804. The molecule has 3 heteroatoms. The second kappa shape index (κ2) is 12.7. The Morgan fingerprint density at radius 1 is 0.781 bits per heavy atom. The Labute approximate surface area is 198 Å². The summed E-state index contributed by atoms with van der Waals surface area (Å²) < 4.78 is 5.86. The van der Waals surface area contributed by atoms with Crippen LogP contribution in [0.4, 0.5) is 0 Å². The van der Waals surface area contributed by atoms with Crippen molar-refractivity contribution in [2.24, 2.45) is 5.41 Å². The minimum absolute atomic E-state index is 0.169. The average molecular weight is 447 g/mol. The van der Waals surface area contributed by atoms with Gasteiger partial charge >= 0.3 is 5.97 Å². The first-order valence-corrected chi connectivity index (χ1v) is 12.9. The van der Waals surface area contributed by atoms with E-state index in [4.69, 9.17) is 4.74 Å². The summed E-state index contributed by atoms with van der Waals surface area (Å²) in [4.78, 5) is 13.5. The van der Waals surface area contributed by atoms with Crippen molar-refractivity contribution in [1.29, 1.82) is 0 Å². The molecule has 0 amide bonds. The second-order valence-corrected chi connectivity index (χ2v) is 11.7. The summed E-state index contributed by atoms with van der Waals surface area (Å²) in [5.74, 6) is 0.0609. The fourth-order valence-corrected chi connectivity index (χ4v) is 4.31. The highest BCUT2D eigenvalue weighted by atomic mass is 16.5. The van der Waals surface area contributed by atoms with Crippen LogP contribution >= 0.6 is 0 Å². The lowest BCUT2D eigenvalue weighted by Gasteiger charge is -2.42. The van der Waals surface area contributed by atoms with E-state index in [0.29, 0.717) is 6.61 Å². The topological polar surface area (TPSA) is 46.5 Å². The zero-order valence-corrected chi connectivity index (χ0v) is 22.3. The quantitative estimate of drug-likeness (QED) is 0.244. The molecule has 3 nitrogen and oxygen atoms in total. The predicted octanol–water partition coefficient (Wildman–Crippen LogP) is 8.46. The molecule has 1 unspecified atom stereocenters. The molecule has 0 heterocycles. The number of hydrogen-bond acceptors (Lipinski definition) is 3. The van der Waals surface area contributed by atoms with E-state index in [1.165, 1.54) is 51.4 Å². The Hall–Kier alpha value is -1.51. The van der Waals surface area contributed by atoms with E-state index in [2.05, 4.69) is 48.5 Å². The van der Waals surface area contributed by atoms with Gasteiger partial charge in [-0.1, -0.05) is 112 Å². The zero-order valence-electron chi connectivity index (χ0n) is 22.3. The average Bonchev–Trinajstić information content (AvgIpc) is 2.69. The maximum absolute atomic E-state index is 13.5. The van der Waals surface area contributed by atoms with Gasteiger partial charge in [0.15, 0.2) is 0 Å². The van der Waals surface area contributed by atoms with Crippen molar-refractivity contribution in [1.82, 2.24) is 0 Å². The first-order valence-electron chi connectivity index (χ1n) is 12.9. The van der Waals surface area contributed by atoms with E-state index in [9.17, 15) is 9.90 Å². The van der Waals surface area contributed by atoms with Crippen molar-refractivity contribution in [3.05, 3.63) is 29.3 Å². The Balaban J connectivity index is 2.70. The first-order chi connectivity index (χ1) is 14.9. The molecule has 32 heavy (non-hydrogen) atoms. The van der Waals surface area contributed by atoms with Crippen LogP contribution in [0.1, 0.15) is 131 Å². The second-order valence-electron chi connectivity index (χ2n) is 11.7. The fourth-order valence-electron chi connectivity index (χ4n) is 4.31. The predicted molar refractivity (Wildman–Crippen MR) is 136 cm³/mol. The van der Waals surface area contributed by atoms with Crippen LogP contribution in [0.5, 0.6) is 5.75 Å². The van der Waals surface area contributed by atoms with Crippen LogP contribution in [0.25, 0.3) is 0 Å². The Morgan fingerprint density at radius 2 is 1.28 bits per heavy atom. The van der Waals surface area contributed by atoms with E-state index < -0.39 is 5.41 Å². The number of phenolic OH excluding ortho intramolecular Hbond substituents is 1. The van der Waals surface area contributed by atoms with Crippen molar-refractivity contribution in [3.8, 4) is 5.75 Å². The standard InChI is InChI=1S/C29H50O3/c1-9-10-11-12-13-14-15-16-17-18-21-32-26(31)29(8,28(5,6)7)24-20-19-23(30)22-25(24)27(2,3)4/h19-20,22,30H,9-18,21H2,1-8H3. The van der Waals surface area contributed by atoms with Gasteiger partial charge in [0.25, 0.3) is 0 Å². The molecule has 0 aliphatic heterocycles. The maximum atomic E-state index is 13.5. The molecule has 0 saturated carbocycles. The number of carbonyl (C=O) groups excluding carboxylic acids is 1. The molecule has 1 aromatic rings. The lowest BCUT2D eigenvalue weighted by molar-refractivity contribution is -0.154. The summed E-state index contributed by atoms with van der Waals surface area (Å²) in [7, 11) is 0. The van der Waals surface area contributed by atoms with E-state index in [0.717, 1.165) is 24.0 Å². The molecule has 0 aliphatic carbocycles. The lowest BCUT2D eigenvalue weighted by Crippen LogP contribution is -2.47. The number of benzene rings is 1. The number of ether oxygens (including phenoxy) is 1. The van der Waals surface area contributed by atoms with Crippen molar-refractivity contribution in [2.75, 3.05) is 6.61 Å². The lowest BCUT2D eigenvalue weighted by atomic mass is 9.61. The third-order valence-electron chi connectivity index (χ3n) is 6.99. The van der Waals surface area contributed by atoms with Gasteiger partial charge in [-0.2, -0.15) is 0 Å². The van der Waals surface area contributed by atoms with E-state index >= 15 is 0 Å². The molecule has 184 valence electrons. The smallest absolute Gasteiger partial charge is 0.316 e. The van der Waals surface area contributed by atoms with Gasteiger partial charge in [0, 0.05) is 0 Å². The third-order valence-corrected chi connectivity index (χ3v) is 6.99. The number of carbonyl (C=O) groups is 1. The molecule has 0 fully saturated rings. The summed E-state index contributed by atoms with van der Waals surface area (Å²) in [6, 6.07) is 5.39. The van der Waals surface area contributed by atoms with E-state index in [1.807, 2.05) is 13.0 Å². The monoisotopic (exact) mass is 446 g/mol. The maximum Gasteiger partial charge on any atom is 0.316 e. The normalized spacial score (nSPS) is 14.2. The van der Waals surface area contributed by atoms with Crippen LogP contribution in [-0.4, -0.2) is 17.7 Å². The molecule has 0 saturated heterocycles. The van der Waals surface area contributed by atoms with Gasteiger partial charge in [-0.05, 0) is 47.4 Å². The van der Waals surface area contributed by atoms with Crippen LogP contribution in [0.15, 0.2) is 18.2 Å². The molecule has 1 N–H and O–H groups in total. The van der Waals surface area contributed by atoms with Crippen LogP contribution < -0.4 is 0 Å². The van der Waals surface area contributed by atoms with Crippen molar-refractivity contribution >= 4 is 5.97 Å². The number of phenols is 1. The van der Waals surface area contributed by atoms with Crippen molar-refractivity contribution in [2.45, 2.75) is 130 Å². The molecule has 0 aromatic heterocycles. The van der Waals surface area contributed by atoms with E-state index in [1.54, 1.807) is 12.1 Å². The number of aromatic hydroxyl groups is 1. The van der Waals surface area contributed by atoms with E-state index in [-0.39, 0.29) is 22.5 Å². The van der Waals surface area contributed by atoms with Crippen molar-refractivity contribution in [3.63, 3.8) is 0 Å². The molecule has 1 rings (SSSR count). The number of rotatable bonds is 13. The molecule has 0 spiro atoms. The summed E-state index contributed by atoms with van der Waals surface area (Å²) in [5, 5.41) is 10.1. The molecule has 0 bridgehead atoms. The highest BCUT2D eigenvalue weighted by Crippen LogP contribution is 2.46. The fraction of sp³-hybridized carbons (Fsp3) is 0.759. The molecule has 1 atom stereocenters. The Bertz CT molecular complexity index is 693. The Kier molecular flexibility index (Phi) is 11.3. The van der Waals surface area contributed by atoms with Crippen LogP contribution in [0.2, 0.25) is 0 Å². The summed E-state index contributed by atoms with van der Waals surface area (Å²) in [6.45, 7) is 17.3. The van der Waals surface area contributed by atoms with Crippen molar-refractivity contribution < 1.29 is 14.6 Å². The van der Waals surface area contributed by atoms with Crippen LogP contribution in [0, 0.1) is 5.41 Å². The van der Waals surface area contributed by atoms with Gasteiger partial charge in [0.1, 0.15) is 5.75 Å². The molecule has 1 aromatic carbocycles.